The Morgan fingerprint density at radius 3 is 0.940 bits per heavy atom. The number of allylic oxidation sites excluding steroid dienone is 10. The highest BCUT2D eigenvalue weighted by Crippen LogP contribution is 2.16. The number of unbranched alkanes of at least 4 members (excludes halogenated alkanes) is 31. The lowest BCUT2D eigenvalue weighted by molar-refractivity contribution is -0.167. The summed E-state index contributed by atoms with van der Waals surface area (Å²) < 4.78 is 16.9. The molecule has 0 N–H and O–H groups in total. The Labute approximate surface area is 415 Å². The van der Waals surface area contributed by atoms with E-state index >= 15 is 0 Å². The molecule has 6 nitrogen and oxygen atoms in total. The van der Waals surface area contributed by atoms with Crippen LogP contribution in [-0.2, 0) is 28.6 Å². The summed E-state index contributed by atoms with van der Waals surface area (Å²) in [5.41, 5.74) is 0. The van der Waals surface area contributed by atoms with E-state index in [1.54, 1.807) is 0 Å². The Balaban J connectivity index is 4.39. The van der Waals surface area contributed by atoms with Crippen molar-refractivity contribution >= 4 is 17.9 Å². The molecule has 0 spiro atoms. The van der Waals surface area contributed by atoms with Gasteiger partial charge in [-0.2, -0.15) is 0 Å². The van der Waals surface area contributed by atoms with Gasteiger partial charge in [-0.1, -0.05) is 248 Å². The second kappa shape index (κ2) is 55.7. The zero-order chi connectivity index (χ0) is 48.6. The van der Waals surface area contributed by atoms with E-state index in [4.69, 9.17) is 14.2 Å². The molecule has 0 bridgehead atoms. The second-order valence-electron chi connectivity index (χ2n) is 19.2. The Bertz CT molecular complexity index is 1210. The molecule has 0 aromatic carbocycles. The zero-order valence-electron chi connectivity index (χ0n) is 44.4. The van der Waals surface area contributed by atoms with Crippen molar-refractivity contribution in [2.24, 2.45) is 0 Å². The van der Waals surface area contributed by atoms with Gasteiger partial charge in [0, 0.05) is 19.3 Å². The molecule has 67 heavy (non-hydrogen) atoms. The first-order valence-corrected chi connectivity index (χ1v) is 28.8. The van der Waals surface area contributed by atoms with Crippen LogP contribution in [0.25, 0.3) is 0 Å². The van der Waals surface area contributed by atoms with Crippen molar-refractivity contribution in [2.75, 3.05) is 13.2 Å². The minimum atomic E-state index is -0.783. The number of carbonyl (C=O) groups is 3. The summed E-state index contributed by atoms with van der Waals surface area (Å²) >= 11 is 0. The van der Waals surface area contributed by atoms with Gasteiger partial charge in [0.1, 0.15) is 13.2 Å². The fraction of sp³-hybridized carbons (Fsp3) is 0.787. The second-order valence-corrected chi connectivity index (χ2v) is 19.2. The smallest absolute Gasteiger partial charge is 0.306 e. The maximum atomic E-state index is 12.8. The molecule has 0 saturated carbocycles. The van der Waals surface area contributed by atoms with Crippen LogP contribution in [0, 0.1) is 0 Å². The van der Waals surface area contributed by atoms with Crippen LogP contribution in [0.4, 0.5) is 0 Å². The zero-order valence-corrected chi connectivity index (χ0v) is 44.4. The lowest BCUT2D eigenvalue weighted by Crippen LogP contribution is -2.30. The minimum Gasteiger partial charge on any atom is -0.462 e. The monoisotopic (exact) mass is 937 g/mol. The molecule has 388 valence electrons. The van der Waals surface area contributed by atoms with Gasteiger partial charge >= 0.3 is 17.9 Å². The highest BCUT2D eigenvalue weighted by molar-refractivity contribution is 5.71. The van der Waals surface area contributed by atoms with Gasteiger partial charge in [0.15, 0.2) is 6.10 Å². The van der Waals surface area contributed by atoms with Gasteiger partial charge in [0.2, 0.25) is 0 Å². The summed E-state index contributed by atoms with van der Waals surface area (Å²) in [7, 11) is 0. The van der Waals surface area contributed by atoms with E-state index in [9.17, 15) is 14.4 Å². The molecule has 0 rings (SSSR count). The number of carbonyl (C=O) groups excluding carboxylic acids is 3. The Kier molecular flexibility index (Phi) is 53.3. The highest BCUT2D eigenvalue weighted by atomic mass is 16.6. The lowest BCUT2D eigenvalue weighted by atomic mass is 10.0. The van der Waals surface area contributed by atoms with Crippen molar-refractivity contribution in [1.29, 1.82) is 0 Å². The van der Waals surface area contributed by atoms with Gasteiger partial charge in [-0.15, -0.1) is 0 Å². The van der Waals surface area contributed by atoms with Gasteiger partial charge < -0.3 is 14.2 Å². The largest absolute Gasteiger partial charge is 0.462 e. The molecule has 6 heteroatoms. The molecule has 0 radical (unpaired) electrons. The summed E-state index contributed by atoms with van der Waals surface area (Å²) in [5.74, 6) is -0.888. The van der Waals surface area contributed by atoms with Crippen LogP contribution in [0.3, 0.4) is 0 Å². The molecular weight excluding hydrogens is 829 g/mol. The van der Waals surface area contributed by atoms with Crippen molar-refractivity contribution < 1.29 is 28.6 Å². The summed E-state index contributed by atoms with van der Waals surface area (Å²) in [6, 6.07) is 0. The van der Waals surface area contributed by atoms with Crippen LogP contribution >= 0.6 is 0 Å². The third-order valence-corrected chi connectivity index (χ3v) is 12.5. The lowest BCUT2D eigenvalue weighted by Gasteiger charge is -2.18. The molecule has 0 aliphatic carbocycles. The molecule has 0 aromatic rings. The van der Waals surface area contributed by atoms with E-state index in [0.717, 1.165) is 103 Å². The van der Waals surface area contributed by atoms with Crippen LogP contribution in [0.2, 0.25) is 0 Å². The van der Waals surface area contributed by atoms with Crippen LogP contribution in [-0.4, -0.2) is 37.2 Å². The first-order chi connectivity index (χ1) is 33.0. The summed E-state index contributed by atoms with van der Waals surface area (Å²) in [6.45, 7) is 6.52. The normalized spacial score (nSPS) is 12.5. The van der Waals surface area contributed by atoms with Gasteiger partial charge in [-0.3, -0.25) is 14.4 Å². The van der Waals surface area contributed by atoms with Crippen LogP contribution < -0.4 is 0 Å². The standard InChI is InChI=1S/C61H108O6/c1-4-7-10-13-16-19-22-25-28-31-34-36-39-42-45-48-51-54-60(63)66-57-58(67-61(64)55-52-49-46-43-40-37-33-30-27-24-21-18-15-12-9-6-3)56-65-59(62)53-50-47-44-41-38-35-32-29-26-23-20-17-14-11-8-5-2/h9,12,16,18-19,21,25,27-28,30,58H,4-8,10-11,13-15,17,20,22-24,26,29,31-57H2,1-3H3/b12-9-,19-16-,21-18-,28-25-,30-27-. The number of rotatable bonds is 52. The molecule has 0 aliphatic heterocycles. The molecule has 0 heterocycles. The molecule has 0 aliphatic rings. The molecule has 0 aromatic heterocycles. The summed E-state index contributed by atoms with van der Waals surface area (Å²) in [4.78, 5) is 38.2. The maximum absolute atomic E-state index is 12.8. The van der Waals surface area contributed by atoms with Crippen LogP contribution in [0.5, 0.6) is 0 Å². The van der Waals surface area contributed by atoms with Crippen molar-refractivity contribution in [2.45, 2.75) is 297 Å². The van der Waals surface area contributed by atoms with E-state index in [2.05, 4.69) is 81.5 Å². The first-order valence-electron chi connectivity index (χ1n) is 28.8. The quantitative estimate of drug-likeness (QED) is 0.0262. The molecule has 0 amide bonds. The fourth-order valence-electron chi connectivity index (χ4n) is 8.19. The third kappa shape index (κ3) is 53.9. The SMILES string of the molecule is CC/C=C\C/C=C\C/C=C\CCCCCCCCC(=O)OC(COC(=O)CCCCCCCCC/C=C\C/C=C\CCCCC)COC(=O)CCCCCCCCCCCCCCCCCC. The predicted molar refractivity (Wildman–Crippen MR) is 288 cm³/mol. The molecule has 1 unspecified atom stereocenters. The van der Waals surface area contributed by atoms with Crippen LogP contribution in [0.1, 0.15) is 290 Å². The van der Waals surface area contributed by atoms with Gasteiger partial charge in [-0.25, -0.2) is 0 Å². The highest BCUT2D eigenvalue weighted by Gasteiger charge is 2.19. The number of ether oxygens (including phenoxy) is 3. The molecule has 1 atom stereocenters. The Hall–Kier alpha value is -2.89. The number of hydrogen-bond donors (Lipinski definition) is 0. The van der Waals surface area contributed by atoms with Crippen LogP contribution in [0.15, 0.2) is 60.8 Å². The number of esters is 3. The van der Waals surface area contributed by atoms with Crippen molar-refractivity contribution in [3.05, 3.63) is 60.8 Å². The minimum absolute atomic E-state index is 0.0797. The predicted octanol–water partition coefficient (Wildman–Crippen LogP) is 19.2. The molecule has 0 saturated heterocycles. The first kappa shape index (κ1) is 64.1. The van der Waals surface area contributed by atoms with Gasteiger partial charge in [0.25, 0.3) is 0 Å². The average Bonchev–Trinajstić information content (AvgIpc) is 3.33. The van der Waals surface area contributed by atoms with E-state index in [0.29, 0.717) is 19.3 Å². The average molecular weight is 938 g/mol. The van der Waals surface area contributed by atoms with Gasteiger partial charge in [0.05, 0.1) is 0 Å². The third-order valence-electron chi connectivity index (χ3n) is 12.5. The van der Waals surface area contributed by atoms with E-state index < -0.39 is 6.10 Å². The van der Waals surface area contributed by atoms with Crippen molar-refractivity contribution in [3.8, 4) is 0 Å². The molecular formula is C61H108O6. The topological polar surface area (TPSA) is 78.9 Å². The maximum Gasteiger partial charge on any atom is 0.306 e. The van der Waals surface area contributed by atoms with Gasteiger partial charge in [-0.05, 0) is 83.5 Å². The van der Waals surface area contributed by atoms with E-state index in [-0.39, 0.29) is 31.1 Å². The summed E-state index contributed by atoms with van der Waals surface area (Å²) in [5, 5.41) is 0. The van der Waals surface area contributed by atoms with E-state index in [1.807, 2.05) is 0 Å². The summed E-state index contributed by atoms with van der Waals surface area (Å²) in [6.07, 6.45) is 69.2. The van der Waals surface area contributed by atoms with Crippen molar-refractivity contribution in [3.63, 3.8) is 0 Å². The Morgan fingerprint density at radius 2 is 0.582 bits per heavy atom. The molecule has 0 fully saturated rings. The van der Waals surface area contributed by atoms with E-state index in [1.165, 1.54) is 148 Å². The fourth-order valence-corrected chi connectivity index (χ4v) is 8.19. The van der Waals surface area contributed by atoms with Crippen molar-refractivity contribution in [1.82, 2.24) is 0 Å². The number of hydrogen-bond acceptors (Lipinski definition) is 6. The Morgan fingerprint density at radius 1 is 0.313 bits per heavy atom.